The van der Waals surface area contributed by atoms with Gasteiger partial charge in [0, 0.05) is 12.4 Å². The van der Waals surface area contributed by atoms with Gasteiger partial charge in [-0.1, -0.05) is 23.2 Å². The summed E-state index contributed by atoms with van der Waals surface area (Å²) in [5, 5.41) is 5.14. The van der Waals surface area contributed by atoms with E-state index >= 15 is 0 Å². The van der Waals surface area contributed by atoms with Gasteiger partial charge in [-0.25, -0.2) is 0 Å². The highest BCUT2D eigenvalue weighted by molar-refractivity contribution is 6.39. The lowest BCUT2D eigenvalue weighted by Crippen LogP contribution is -2.36. The SMILES string of the molecule is CC1Oc2c(OC(F)F)ccc(C(=O)Nc3c(Cl)cncc3Cl)c2NC1=O. The highest BCUT2D eigenvalue weighted by atomic mass is 35.5. The second-order valence-corrected chi connectivity index (χ2v) is 6.19. The number of carbonyl (C=O) groups excluding carboxylic acids is 2. The van der Waals surface area contributed by atoms with E-state index < -0.39 is 24.5 Å². The molecule has 1 atom stereocenters. The van der Waals surface area contributed by atoms with Gasteiger partial charge in [0.1, 0.15) is 5.69 Å². The molecule has 7 nitrogen and oxygen atoms in total. The Hall–Kier alpha value is -2.65. The number of alkyl halides is 2. The van der Waals surface area contributed by atoms with Crippen LogP contribution in [0.25, 0.3) is 0 Å². The van der Waals surface area contributed by atoms with E-state index in [1.54, 1.807) is 0 Å². The summed E-state index contributed by atoms with van der Waals surface area (Å²) in [5.74, 6) is -1.75. The van der Waals surface area contributed by atoms with E-state index in [0.29, 0.717) is 0 Å². The molecule has 0 fully saturated rings. The van der Waals surface area contributed by atoms with Crippen LogP contribution in [0.3, 0.4) is 0 Å². The molecule has 0 radical (unpaired) electrons. The number of benzene rings is 1. The number of hydrogen-bond acceptors (Lipinski definition) is 5. The predicted octanol–water partition coefficient (Wildman–Crippen LogP) is 3.96. The largest absolute Gasteiger partial charge is 0.475 e. The Kier molecular flexibility index (Phi) is 5.33. The lowest BCUT2D eigenvalue weighted by atomic mass is 10.1. The zero-order valence-electron chi connectivity index (χ0n) is 13.6. The average Bonchev–Trinajstić information content (AvgIpc) is 2.59. The van der Waals surface area contributed by atoms with Gasteiger partial charge in [-0.15, -0.1) is 0 Å². The molecule has 27 heavy (non-hydrogen) atoms. The van der Waals surface area contributed by atoms with E-state index in [0.717, 1.165) is 6.07 Å². The molecule has 1 aromatic carbocycles. The van der Waals surface area contributed by atoms with Crippen LogP contribution in [0.4, 0.5) is 20.2 Å². The molecule has 2 N–H and O–H groups in total. The van der Waals surface area contributed by atoms with Crippen molar-refractivity contribution in [3.63, 3.8) is 0 Å². The predicted molar refractivity (Wildman–Crippen MR) is 94.0 cm³/mol. The van der Waals surface area contributed by atoms with Crippen molar-refractivity contribution in [3.8, 4) is 11.5 Å². The van der Waals surface area contributed by atoms with Gasteiger partial charge in [-0.3, -0.25) is 14.6 Å². The zero-order valence-corrected chi connectivity index (χ0v) is 15.1. The molecule has 2 amide bonds. The Morgan fingerprint density at radius 3 is 2.63 bits per heavy atom. The Balaban J connectivity index is 2.02. The molecule has 1 aliphatic heterocycles. The molecule has 0 aliphatic carbocycles. The molecule has 1 unspecified atom stereocenters. The minimum Gasteiger partial charge on any atom is -0.475 e. The number of rotatable bonds is 4. The van der Waals surface area contributed by atoms with Crippen LogP contribution < -0.4 is 20.1 Å². The smallest absolute Gasteiger partial charge is 0.387 e. The monoisotopic (exact) mass is 417 g/mol. The quantitative estimate of drug-likeness (QED) is 0.785. The summed E-state index contributed by atoms with van der Waals surface area (Å²) in [7, 11) is 0. The van der Waals surface area contributed by atoms with Crippen LogP contribution in [-0.4, -0.2) is 29.5 Å². The van der Waals surface area contributed by atoms with Crippen molar-refractivity contribution in [2.24, 2.45) is 0 Å². The number of fused-ring (bicyclic) bond motifs is 1. The number of aromatic nitrogens is 1. The third-order valence-electron chi connectivity index (χ3n) is 3.59. The molecule has 0 saturated heterocycles. The van der Waals surface area contributed by atoms with Gasteiger partial charge in [0.15, 0.2) is 17.6 Å². The fraction of sp³-hybridized carbons (Fsp3) is 0.188. The van der Waals surface area contributed by atoms with Crippen LogP contribution in [0.1, 0.15) is 17.3 Å². The number of nitrogens with one attached hydrogen (secondary N) is 2. The Morgan fingerprint density at radius 1 is 1.33 bits per heavy atom. The van der Waals surface area contributed by atoms with Crippen molar-refractivity contribution >= 4 is 46.4 Å². The first-order valence-electron chi connectivity index (χ1n) is 7.47. The molecule has 11 heteroatoms. The van der Waals surface area contributed by atoms with Gasteiger partial charge in [0.25, 0.3) is 11.8 Å². The molecule has 142 valence electrons. The summed E-state index contributed by atoms with van der Waals surface area (Å²) >= 11 is 11.9. The van der Waals surface area contributed by atoms with Gasteiger partial charge in [-0.2, -0.15) is 8.78 Å². The van der Waals surface area contributed by atoms with E-state index in [1.807, 2.05) is 0 Å². The third kappa shape index (κ3) is 3.88. The minimum atomic E-state index is -3.11. The van der Waals surface area contributed by atoms with Gasteiger partial charge in [0.05, 0.1) is 21.3 Å². The van der Waals surface area contributed by atoms with Crippen LogP contribution in [0.2, 0.25) is 10.0 Å². The second kappa shape index (κ2) is 7.53. The van der Waals surface area contributed by atoms with Crippen LogP contribution in [0, 0.1) is 0 Å². The Morgan fingerprint density at radius 2 is 2.00 bits per heavy atom. The summed E-state index contributed by atoms with van der Waals surface area (Å²) in [4.78, 5) is 28.4. The van der Waals surface area contributed by atoms with Crippen LogP contribution in [-0.2, 0) is 4.79 Å². The highest BCUT2D eigenvalue weighted by Crippen LogP contribution is 2.42. The summed E-state index contributed by atoms with van der Waals surface area (Å²) in [5.41, 5.74) is -0.0534. The molecule has 0 saturated carbocycles. The number of anilines is 2. The third-order valence-corrected chi connectivity index (χ3v) is 4.16. The Labute approximate surface area is 161 Å². The van der Waals surface area contributed by atoms with Crippen molar-refractivity contribution in [1.29, 1.82) is 0 Å². The summed E-state index contributed by atoms with van der Waals surface area (Å²) in [6.07, 6.45) is 1.61. The second-order valence-electron chi connectivity index (χ2n) is 5.38. The molecule has 1 aliphatic rings. The van der Waals surface area contributed by atoms with Crippen LogP contribution in [0.15, 0.2) is 24.5 Å². The Bertz CT molecular complexity index is 907. The first kappa shape index (κ1) is 19.1. The number of amides is 2. The van der Waals surface area contributed by atoms with E-state index in [2.05, 4.69) is 20.4 Å². The van der Waals surface area contributed by atoms with Gasteiger partial charge < -0.3 is 20.1 Å². The van der Waals surface area contributed by atoms with Crippen molar-refractivity contribution < 1.29 is 27.8 Å². The van der Waals surface area contributed by atoms with Crippen molar-refractivity contribution in [3.05, 3.63) is 40.1 Å². The van der Waals surface area contributed by atoms with Crippen molar-refractivity contribution in [1.82, 2.24) is 4.98 Å². The number of halogens is 4. The zero-order chi connectivity index (χ0) is 19.7. The van der Waals surface area contributed by atoms with E-state index in [-0.39, 0.29) is 38.5 Å². The molecule has 2 aromatic rings. The number of carbonyl (C=O) groups is 2. The highest BCUT2D eigenvalue weighted by Gasteiger charge is 2.31. The first-order chi connectivity index (χ1) is 12.8. The molecule has 0 spiro atoms. The molecule has 2 heterocycles. The topological polar surface area (TPSA) is 89.6 Å². The lowest BCUT2D eigenvalue weighted by molar-refractivity contribution is -0.122. The summed E-state index contributed by atoms with van der Waals surface area (Å²) < 4.78 is 35.0. The summed E-state index contributed by atoms with van der Waals surface area (Å²) in [6.45, 7) is -1.69. The maximum absolute atomic E-state index is 12.7. The number of hydrogen-bond donors (Lipinski definition) is 2. The lowest BCUT2D eigenvalue weighted by Gasteiger charge is -2.26. The van der Waals surface area contributed by atoms with E-state index in [4.69, 9.17) is 27.9 Å². The first-order valence-corrected chi connectivity index (χ1v) is 8.23. The molecular weight excluding hydrogens is 407 g/mol. The van der Waals surface area contributed by atoms with Crippen LogP contribution in [0.5, 0.6) is 11.5 Å². The maximum Gasteiger partial charge on any atom is 0.387 e. The fourth-order valence-electron chi connectivity index (χ4n) is 2.35. The van der Waals surface area contributed by atoms with Gasteiger partial charge in [-0.05, 0) is 19.1 Å². The average molecular weight is 418 g/mol. The molecule has 0 bridgehead atoms. The fourth-order valence-corrected chi connectivity index (χ4v) is 2.81. The van der Waals surface area contributed by atoms with Crippen molar-refractivity contribution in [2.45, 2.75) is 19.6 Å². The molecular formula is C16H11Cl2F2N3O4. The maximum atomic E-state index is 12.7. The number of ether oxygens (including phenoxy) is 2. The van der Waals surface area contributed by atoms with Crippen LogP contribution >= 0.6 is 23.2 Å². The van der Waals surface area contributed by atoms with E-state index in [1.165, 1.54) is 25.4 Å². The summed E-state index contributed by atoms with van der Waals surface area (Å²) in [6, 6.07) is 2.34. The minimum absolute atomic E-state index is 0.0594. The normalized spacial score (nSPS) is 15.6. The molecule has 3 rings (SSSR count). The van der Waals surface area contributed by atoms with Gasteiger partial charge in [0.2, 0.25) is 0 Å². The van der Waals surface area contributed by atoms with Crippen molar-refractivity contribution in [2.75, 3.05) is 10.6 Å². The molecule has 1 aromatic heterocycles. The van der Waals surface area contributed by atoms with Gasteiger partial charge >= 0.3 is 6.61 Å². The number of nitrogens with zero attached hydrogens (tertiary/aromatic N) is 1. The van der Waals surface area contributed by atoms with E-state index in [9.17, 15) is 18.4 Å². The number of pyridine rings is 1. The standard InChI is InChI=1S/C16H11Cl2F2N3O4/c1-6-14(24)22-11-7(2-3-10(13(11)26-6)27-16(19)20)15(25)23-12-8(17)4-21-5-9(12)18/h2-6,16H,1H3,(H,22,24)(H,21,23,25).